The summed E-state index contributed by atoms with van der Waals surface area (Å²) in [4.78, 5) is 22.8. The largest absolute Gasteiger partial charge is 0.507 e. The highest BCUT2D eigenvalue weighted by atomic mass is 19.1. The Morgan fingerprint density at radius 2 is 1.80 bits per heavy atom. The molecule has 0 amide bonds. The summed E-state index contributed by atoms with van der Waals surface area (Å²) in [6.45, 7) is 1.34. The minimum Gasteiger partial charge on any atom is -0.507 e. The second-order valence-corrected chi connectivity index (χ2v) is 3.32. The summed E-state index contributed by atoms with van der Waals surface area (Å²) >= 11 is 0. The summed E-state index contributed by atoms with van der Waals surface area (Å²) in [7, 11) is 0. The fourth-order valence-electron chi connectivity index (χ4n) is 1.51. The third kappa shape index (κ3) is 1.26. The molecular weight excluding hydrogens is 199 g/mol. The number of halogens is 1. The SMILES string of the molecule is CC1=C(O)c2cc(F)ccc2C(=O)C1=O. The molecule has 15 heavy (non-hydrogen) atoms. The van der Waals surface area contributed by atoms with E-state index in [1.54, 1.807) is 0 Å². The van der Waals surface area contributed by atoms with E-state index in [1.165, 1.54) is 13.0 Å². The highest BCUT2D eigenvalue weighted by Gasteiger charge is 2.30. The first-order valence-corrected chi connectivity index (χ1v) is 4.31. The van der Waals surface area contributed by atoms with Crippen molar-refractivity contribution in [2.75, 3.05) is 0 Å². The van der Waals surface area contributed by atoms with Crippen LogP contribution in [0.25, 0.3) is 5.76 Å². The molecule has 3 nitrogen and oxygen atoms in total. The summed E-state index contributed by atoms with van der Waals surface area (Å²) in [6.07, 6.45) is 0. The van der Waals surface area contributed by atoms with Crippen molar-refractivity contribution >= 4 is 17.3 Å². The lowest BCUT2D eigenvalue weighted by atomic mass is 9.89. The first-order chi connectivity index (χ1) is 7.02. The van der Waals surface area contributed by atoms with Crippen LogP contribution in [0.5, 0.6) is 0 Å². The molecule has 0 atom stereocenters. The molecule has 1 aromatic rings. The third-order valence-electron chi connectivity index (χ3n) is 2.38. The highest BCUT2D eigenvalue weighted by molar-refractivity contribution is 6.52. The van der Waals surface area contributed by atoms with Gasteiger partial charge in [-0.3, -0.25) is 9.59 Å². The topological polar surface area (TPSA) is 54.4 Å². The van der Waals surface area contributed by atoms with Crippen LogP contribution < -0.4 is 0 Å². The maximum absolute atomic E-state index is 12.9. The second-order valence-electron chi connectivity index (χ2n) is 3.32. The third-order valence-corrected chi connectivity index (χ3v) is 2.38. The second kappa shape index (κ2) is 3.02. The summed E-state index contributed by atoms with van der Waals surface area (Å²) in [5, 5.41) is 9.58. The Morgan fingerprint density at radius 3 is 2.47 bits per heavy atom. The van der Waals surface area contributed by atoms with Crippen molar-refractivity contribution in [1.82, 2.24) is 0 Å². The van der Waals surface area contributed by atoms with Gasteiger partial charge in [0.15, 0.2) is 0 Å². The number of fused-ring (bicyclic) bond motifs is 1. The molecule has 76 valence electrons. The summed E-state index contributed by atoms with van der Waals surface area (Å²) in [5.41, 5.74) is 0.0831. The number of aliphatic hydroxyl groups is 1. The number of hydrogen-bond donors (Lipinski definition) is 1. The number of rotatable bonds is 0. The van der Waals surface area contributed by atoms with Gasteiger partial charge in [0, 0.05) is 16.7 Å². The predicted molar refractivity (Wildman–Crippen MR) is 51.0 cm³/mol. The Hall–Kier alpha value is -1.97. The lowest BCUT2D eigenvalue weighted by Crippen LogP contribution is -2.22. The van der Waals surface area contributed by atoms with Crippen LogP contribution in [-0.2, 0) is 4.79 Å². The normalized spacial score (nSPS) is 15.6. The predicted octanol–water partition coefficient (Wildman–Crippen LogP) is 1.88. The molecule has 1 aromatic carbocycles. The number of hydrogen-bond acceptors (Lipinski definition) is 3. The van der Waals surface area contributed by atoms with E-state index in [-0.39, 0.29) is 22.5 Å². The van der Waals surface area contributed by atoms with Crippen LogP contribution in [0, 0.1) is 5.82 Å². The molecule has 0 saturated heterocycles. The minimum absolute atomic E-state index is 0.0434. The molecule has 2 rings (SSSR count). The van der Waals surface area contributed by atoms with Gasteiger partial charge in [-0.2, -0.15) is 0 Å². The molecule has 0 spiro atoms. The molecule has 0 heterocycles. The lowest BCUT2D eigenvalue weighted by Gasteiger charge is -2.14. The van der Waals surface area contributed by atoms with Crippen molar-refractivity contribution < 1.29 is 19.1 Å². The zero-order valence-electron chi connectivity index (χ0n) is 7.87. The van der Waals surface area contributed by atoms with Gasteiger partial charge in [-0.05, 0) is 25.1 Å². The van der Waals surface area contributed by atoms with E-state index >= 15 is 0 Å². The molecule has 1 N–H and O–H groups in total. The smallest absolute Gasteiger partial charge is 0.234 e. The van der Waals surface area contributed by atoms with E-state index in [2.05, 4.69) is 0 Å². The molecular formula is C11H7FO3. The average molecular weight is 206 g/mol. The van der Waals surface area contributed by atoms with Gasteiger partial charge in [0.2, 0.25) is 11.6 Å². The maximum Gasteiger partial charge on any atom is 0.234 e. The Kier molecular flexibility index (Phi) is 1.93. The lowest BCUT2D eigenvalue weighted by molar-refractivity contribution is -0.111. The number of carbonyl (C=O) groups is 2. The molecule has 0 radical (unpaired) electrons. The van der Waals surface area contributed by atoms with Gasteiger partial charge >= 0.3 is 0 Å². The number of ketones is 2. The van der Waals surface area contributed by atoms with Gasteiger partial charge in [-0.15, -0.1) is 0 Å². The maximum atomic E-state index is 12.9. The van der Waals surface area contributed by atoms with Gasteiger partial charge in [0.25, 0.3) is 0 Å². The monoisotopic (exact) mass is 206 g/mol. The molecule has 4 heteroatoms. The summed E-state index contributed by atoms with van der Waals surface area (Å²) < 4.78 is 12.9. The van der Waals surface area contributed by atoms with Crippen LogP contribution in [0.2, 0.25) is 0 Å². The van der Waals surface area contributed by atoms with Gasteiger partial charge < -0.3 is 5.11 Å². The van der Waals surface area contributed by atoms with E-state index in [0.29, 0.717) is 0 Å². The first-order valence-electron chi connectivity index (χ1n) is 4.31. The van der Waals surface area contributed by atoms with Crippen LogP contribution in [0.4, 0.5) is 4.39 Å². The molecule has 1 aliphatic carbocycles. The van der Waals surface area contributed by atoms with Crippen LogP contribution in [0.1, 0.15) is 22.8 Å². The highest BCUT2D eigenvalue weighted by Crippen LogP contribution is 2.27. The number of aliphatic hydroxyl groups excluding tert-OH is 1. The van der Waals surface area contributed by atoms with Crippen LogP contribution in [0.3, 0.4) is 0 Å². The molecule has 0 bridgehead atoms. The number of carbonyl (C=O) groups excluding carboxylic acids is 2. The quantitative estimate of drug-likeness (QED) is 0.659. The van der Waals surface area contributed by atoms with Gasteiger partial charge in [0.05, 0.1) is 0 Å². The van der Waals surface area contributed by atoms with Crippen LogP contribution >= 0.6 is 0 Å². The van der Waals surface area contributed by atoms with Crippen molar-refractivity contribution in [3.05, 3.63) is 40.7 Å². The van der Waals surface area contributed by atoms with Crippen LogP contribution in [0.15, 0.2) is 23.8 Å². The Labute approximate surface area is 84.8 Å². The van der Waals surface area contributed by atoms with Crippen molar-refractivity contribution in [2.45, 2.75) is 6.92 Å². The molecule has 0 fully saturated rings. The van der Waals surface area contributed by atoms with E-state index in [1.807, 2.05) is 0 Å². The minimum atomic E-state index is -0.744. The van der Waals surface area contributed by atoms with Gasteiger partial charge in [-0.1, -0.05) is 0 Å². The van der Waals surface area contributed by atoms with Gasteiger partial charge in [-0.25, -0.2) is 4.39 Å². The van der Waals surface area contributed by atoms with Crippen molar-refractivity contribution in [3.8, 4) is 0 Å². The van der Waals surface area contributed by atoms with Crippen LogP contribution in [-0.4, -0.2) is 16.7 Å². The average Bonchev–Trinajstić information content (AvgIpc) is 2.23. The van der Waals surface area contributed by atoms with Crippen molar-refractivity contribution in [1.29, 1.82) is 0 Å². The van der Waals surface area contributed by atoms with E-state index in [0.717, 1.165) is 12.1 Å². The zero-order valence-corrected chi connectivity index (χ0v) is 7.87. The van der Waals surface area contributed by atoms with Crippen molar-refractivity contribution in [3.63, 3.8) is 0 Å². The molecule has 0 aromatic heterocycles. The van der Waals surface area contributed by atoms with E-state index in [4.69, 9.17) is 0 Å². The van der Waals surface area contributed by atoms with Gasteiger partial charge in [0.1, 0.15) is 11.6 Å². The zero-order chi connectivity index (χ0) is 11.2. The Morgan fingerprint density at radius 1 is 1.13 bits per heavy atom. The first kappa shape index (κ1) is 9.58. The number of allylic oxidation sites excluding steroid dienone is 1. The fraction of sp³-hybridized carbons (Fsp3) is 0.0909. The number of benzene rings is 1. The van der Waals surface area contributed by atoms with Crippen molar-refractivity contribution in [2.24, 2.45) is 0 Å². The number of Topliss-reactive ketones (excluding diaryl/α,β-unsaturated/α-hetero) is 2. The van der Waals surface area contributed by atoms with E-state index < -0.39 is 17.4 Å². The Bertz CT molecular complexity index is 515. The summed E-state index contributed by atoms with van der Waals surface area (Å²) in [6, 6.07) is 3.32. The standard InChI is InChI=1S/C11H7FO3/c1-5-9(13)8-4-6(12)2-3-7(8)11(15)10(5)14/h2-4,13H,1H3. The molecule has 0 unspecified atom stereocenters. The molecule has 0 saturated carbocycles. The Balaban J connectivity index is 2.78. The van der Waals surface area contributed by atoms with E-state index in [9.17, 15) is 19.1 Å². The fourth-order valence-corrected chi connectivity index (χ4v) is 1.51. The molecule has 1 aliphatic rings. The summed E-state index contributed by atoms with van der Waals surface area (Å²) in [5.74, 6) is -2.34. The molecule has 0 aliphatic heterocycles.